The molecule has 0 aromatic heterocycles. The molecule has 0 aromatic rings. The maximum Gasteiger partial charge on any atom is 0.409 e. The summed E-state index contributed by atoms with van der Waals surface area (Å²) in [5.74, 6) is -1.48. The van der Waals surface area contributed by atoms with Gasteiger partial charge in [0.25, 0.3) is 0 Å². The molecule has 22 heavy (non-hydrogen) atoms. The van der Waals surface area contributed by atoms with Crippen molar-refractivity contribution in [2.75, 3.05) is 0 Å². The van der Waals surface area contributed by atoms with Gasteiger partial charge in [-0.2, -0.15) is 16.8 Å². The Morgan fingerprint density at radius 1 is 0.909 bits per heavy atom. The third-order valence-electron chi connectivity index (χ3n) is 4.22. The molecule has 1 saturated heterocycles. The highest BCUT2D eigenvalue weighted by Crippen LogP contribution is 2.33. The molecule has 5 nitrogen and oxygen atoms in total. The molecule has 1 N–H and O–H groups in total. The van der Waals surface area contributed by atoms with Gasteiger partial charge in [0, 0.05) is 6.42 Å². The summed E-state index contributed by atoms with van der Waals surface area (Å²) in [5.41, 5.74) is 0. The van der Waals surface area contributed by atoms with Crippen LogP contribution in [0.1, 0.15) is 90.9 Å². The van der Waals surface area contributed by atoms with E-state index in [4.69, 9.17) is 0 Å². The van der Waals surface area contributed by atoms with Crippen molar-refractivity contribution in [3.05, 3.63) is 0 Å². The highest BCUT2D eigenvalue weighted by Gasteiger charge is 2.50. The Morgan fingerprint density at radius 3 is 1.91 bits per heavy atom. The first-order valence-corrected chi connectivity index (χ1v) is 10.1. The molecule has 1 unspecified atom stereocenters. The van der Waals surface area contributed by atoms with Gasteiger partial charge in [-0.3, -0.25) is 0 Å². The fourth-order valence-electron chi connectivity index (χ4n) is 2.79. The molecule has 1 aliphatic rings. The summed E-state index contributed by atoms with van der Waals surface area (Å²) in [6.45, 7) is 4.35. The van der Waals surface area contributed by atoms with E-state index in [1.807, 2.05) is 0 Å². The van der Waals surface area contributed by atoms with Crippen LogP contribution in [0.15, 0.2) is 0 Å². The highest BCUT2D eigenvalue weighted by atomic mass is 32.3. The van der Waals surface area contributed by atoms with E-state index < -0.39 is 16.4 Å². The fraction of sp³-hybridized carbons (Fsp3) is 1.00. The molecule has 0 aliphatic carbocycles. The van der Waals surface area contributed by atoms with E-state index in [9.17, 15) is 13.5 Å². The minimum Gasteiger partial charge on any atom is -0.342 e. The van der Waals surface area contributed by atoms with Crippen molar-refractivity contribution in [3.63, 3.8) is 0 Å². The minimum absolute atomic E-state index is 0.199. The van der Waals surface area contributed by atoms with Crippen LogP contribution in [0, 0.1) is 5.92 Å². The normalized spacial score (nSPS) is 20.5. The van der Waals surface area contributed by atoms with Crippen LogP contribution in [-0.4, -0.2) is 19.5 Å². The van der Waals surface area contributed by atoms with Gasteiger partial charge in [0.15, 0.2) is 0 Å². The van der Waals surface area contributed by atoms with Crippen molar-refractivity contribution in [1.29, 1.82) is 0 Å². The Hall–Kier alpha value is -0.170. The first kappa shape index (κ1) is 19.9. The van der Waals surface area contributed by atoms with E-state index >= 15 is 0 Å². The molecule has 1 aliphatic heterocycles. The molecule has 0 aromatic carbocycles. The second-order valence-electron chi connectivity index (χ2n) is 6.55. The summed E-state index contributed by atoms with van der Waals surface area (Å²) < 4.78 is 30.1. The third kappa shape index (κ3) is 8.46. The molecule has 6 heteroatoms. The number of unbranched alkanes of at least 4 members (excludes halogenated alkanes) is 8. The average molecular weight is 336 g/mol. The van der Waals surface area contributed by atoms with E-state index in [0.29, 0.717) is 12.3 Å². The van der Waals surface area contributed by atoms with Gasteiger partial charge in [0.05, 0.1) is 0 Å². The standard InChI is InChI=1S/C16H32O5S/c1-3-4-5-6-7-8-9-10-11-12-15(2)13-14-16(17)20-22(18,19)21-16/h15,17H,3-14H2,1-2H3. The van der Waals surface area contributed by atoms with Crippen molar-refractivity contribution in [2.24, 2.45) is 5.92 Å². The maximum atomic E-state index is 10.7. The van der Waals surface area contributed by atoms with Gasteiger partial charge >= 0.3 is 16.4 Å². The number of rotatable bonds is 13. The lowest BCUT2D eigenvalue weighted by molar-refractivity contribution is -0.330. The van der Waals surface area contributed by atoms with Gasteiger partial charge in [-0.25, -0.2) is 0 Å². The second-order valence-corrected chi connectivity index (χ2v) is 7.70. The van der Waals surface area contributed by atoms with Crippen LogP contribution < -0.4 is 0 Å². The van der Waals surface area contributed by atoms with Gasteiger partial charge in [-0.15, -0.1) is 0 Å². The summed E-state index contributed by atoms with van der Waals surface area (Å²) in [6, 6.07) is 0. The molecule has 0 amide bonds. The second kappa shape index (κ2) is 9.85. The van der Waals surface area contributed by atoms with Crippen molar-refractivity contribution >= 4 is 10.4 Å². The monoisotopic (exact) mass is 336 g/mol. The van der Waals surface area contributed by atoms with E-state index in [1.165, 1.54) is 57.8 Å². The number of aliphatic hydroxyl groups is 1. The summed E-state index contributed by atoms with van der Waals surface area (Å²) in [7, 11) is -3.92. The van der Waals surface area contributed by atoms with Gasteiger partial charge in [0.2, 0.25) is 0 Å². The van der Waals surface area contributed by atoms with Crippen molar-refractivity contribution in [1.82, 2.24) is 0 Å². The van der Waals surface area contributed by atoms with Crippen LogP contribution in [0.2, 0.25) is 0 Å². The predicted molar refractivity (Wildman–Crippen MR) is 86.3 cm³/mol. The Kier molecular flexibility index (Phi) is 8.90. The van der Waals surface area contributed by atoms with Crippen LogP contribution in [0.4, 0.5) is 0 Å². The van der Waals surface area contributed by atoms with Crippen molar-refractivity contribution < 1.29 is 21.9 Å². The SMILES string of the molecule is CCCCCCCCCCCC(C)CCC1(O)OS(=O)(=O)O1. The van der Waals surface area contributed by atoms with Gasteiger partial charge in [0.1, 0.15) is 0 Å². The lowest BCUT2D eigenvalue weighted by Crippen LogP contribution is -2.50. The summed E-state index contributed by atoms with van der Waals surface area (Å²) in [4.78, 5) is 0. The van der Waals surface area contributed by atoms with Crippen molar-refractivity contribution in [3.8, 4) is 0 Å². The Bertz CT molecular complexity index is 381. The first-order valence-electron chi connectivity index (χ1n) is 8.75. The lowest BCUT2D eigenvalue weighted by Gasteiger charge is -2.34. The lowest BCUT2D eigenvalue weighted by atomic mass is 9.97. The summed E-state index contributed by atoms with van der Waals surface area (Å²) in [5, 5.41) is 9.60. The summed E-state index contributed by atoms with van der Waals surface area (Å²) >= 11 is 0. The molecule has 1 fully saturated rings. The Labute approximate surface area is 135 Å². The maximum absolute atomic E-state index is 10.7. The Balaban J connectivity index is 1.91. The molecular weight excluding hydrogens is 304 g/mol. The molecule has 132 valence electrons. The van der Waals surface area contributed by atoms with Crippen LogP contribution >= 0.6 is 0 Å². The quantitative estimate of drug-likeness (QED) is 0.509. The van der Waals surface area contributed by atoms with E-state index in [2.05, 4.69) is 22.2 Å². The average Bonchev–Trinajstić information content (AvgIpc) is 2.41. The van der Waals surface area contributed by atoms with E-state index in [1.54, 1.807) is 0 Å². The van der Waals surface area contributed by atoms with Gasteiger partial charge < -0.3 is 5.11 Å². The minimum atomic E-state index is -3.92. The third-order valence-corrected chi connectivity index (χ3v) is 5.15. The van der Waals surface area contributed by atoms with E-state index in [-0.39, 0.29) is 6.42 Å². The van der Waals surface area contributed by atoms with Crippen LogP contribution in [-0.2, 0) is 18.8 Å². The topological polar surface area (TPSA) is 72.8 Å². The van der Waals surface area contributed by atoms with Crippen LogP contribution in [0.25, 0.3) is 0 Å². The van der Waals surface area contributed by atoms with Gasteiger partial charge in [-0.05, 0) is 12.3 Å². The van der Waals surface area contributed by atoms with Crippen molar-refractivity contribution in [2.45, 2.75) is 96.9 Å². The highest BCUT2D eigenvalue weighted by molar-refractivity contribution is 7.82. The molecule has 0 radical (unpaired) electrons. The van der Waals surface area contributed by atoms with Crippen LogP contribution in [0.3, 0.4) is 0 Å². The number of hydrogen-bond donors (Lipinski definition) is 1. The molecule has 1 atom stereocenters. The Morgan fingerprint density at radius 2 is 1.41 bits per heavy atom. The smallest absolute Gasteiger partial charge is 0.342 e. The first-order chi connectivity index (χ1) is 10.4. The van der Waals surface area contributed by atoms with E-state index in [0.717, 1.165) is 6.42 Å². The zero-order valence-corrected chi connectivity index (χ0v) is 14.9. The zero-order chi connectivity index (χ0) is 16.5. The zero-order valence-electron chi connectivity index (χ0n) is 14.1. The molecule has 0 saturated carbocycles. The molecule has 0 bridgehead atoms. The molecule has 0 spiro atoms. The molecule has 1 heterocycles. The molecule has 1 rings (SSSR count). The predicted octanol–water partition coefficient (Wildman–Crippen LogP) is 4.26. The van der Waals surface area contributed by atoms with Crippen LogP contribution in [0.5, 0.6) is 0 Å². The van der Waals surface area contributed by atoms with Gasteiger partial charge in [-0.1, -0.05) is 78.1 Å². The fourth-order valence-corrected chi connectivity index (χ4v) is 3.60. The molecular formula is C16H32O5S. The number of hydrogen-bond acceptors (Lipinski definition) is 5. The summed E-state index contributed by atoms with van der Waals surface area (Å²) in [6.07, 6.45) is 13.8. The largest absolute Gasteiger partial charge is 0.409 e.